The normalized spacial score (nSPS) is 15.6. The largest absolute Gasteiger partial charge is 0.438 e. The lowest BCUT2D eigenvalue weighted by molar-refractivity contribution is 0.205. The number of piperidine rings is 1. The highest BCUT2D eigenvalue weighted by molar-refractivity contribution is 5.89. The van der Waals surface area contributed by atoms with E-state index in [9.17, 15) is 9.18 Å². The molecule has 2 aliphatic heterocycles. The van der Waals surface area contributed by atoms with Crippen molar-refractivity contribution in [1.82, 2.24) is 14.9 Å². The fraction of sp³-hybridized carbons (Fsp3) is 0.346. The second-order valence-corrected chi connectivity index (χ2v) is 8.78. The molecule has 3 aromatic rings. The predicted octanol–water partition coefficient (Wildman–Crippen LogP) is 5.30. The first-order valence-corrected chi connectivity index (χ1v) is 11.8. The number of nitrogens with zero attached hydrogens (tertiary/aromatic N) is 4. The number of aromatic nitrogens is 2. The maximum Gasteiger partial charge on any atom is 0.322 e. The average molecular weight is 462 g/mol. The van der Waals surface area contributed by atoms with E-state index in [1.807, 2.05) is 30.3 Å². The maximum absolute atomic E-state index is 13.8. The second-order valence-electron chi connectivity index (χ2n) is 8.78. The van der Waals surface area contributed by atoms with Gasteiger partial charge in [-0.1, -0.05) is 18.2 Å². The molecule has 0 aliphatic carbocycles. The summed E-state index contributed by atoms with van der Waals surface area (Å²) in [6.07, 6.45) is 4.05. The number of benzene rings is 2. The number of aryl methyl sites for hydroxylation is 1. The topological polar surface area (TPSA) is 70.6 Å². The van der Waals surface area contributed by atoms with Crippen molar-refractivity contribution >= 4 is 17.7 Å². The summed E-state index contributed by atoms with van der Waals surface area (Å²) >= 11 is 0. The van der Waals surface area contributed by atoms with Gasteiger partial charge in [0, 0.05) is 31.7 Å². The predicted molar refractivity (Wildman–Crippen MR) is 129 cm³/mol. The van der Waals surface area contributed by atoms with Gasteiger partial charge < -0.3 is 19.9 Å². The monoisotopic (exact) mass is 461 g/mol. The first-order chi connectivity index (χ1) is 16.6. The highest BCUT2D eigenvalue weighted by atomic mass is 19.1. The van der Waals surface area contributed by atoms with E-state index in [2.05, 4.69) is 10.2 Å². The van der Waals surface area contributed by atoms with Gasteiger partial charge in [-0.05, 0) is 62.1 Å². The standard InChI is InChI=1S/C26H28FN5O2/c1-18-16-20(10-11-22(18)27)34-24-21-17-32(26(33)28-19-8-4-2-5-9-19)15-12-23(21)29-25(30-24)31-13-6-3-7-14-31/h2,4-5,8-11,16H,3,6-7,12-15,17H2,1H3,(H,28,33). The molecule has 2 amide bonds. The van der Waals surface area contributed by atoms with E-state index < -0.39 is 0 Å². The van der Waals surface area contributed by atoms with E-state index in [1.165, 1.54) is 12.5 Å². The quantitative estimate of drug-likeness (QED) is 0.571. The molecule has 0 atom stereocenters. The number of urea groups is 1. The van der Waals surface area contributed by atoms with Crippen LogP contribution in [-0.4, -0.2) is 40.5 Å². The van der Waals surface area contributed by atoms with Crippen LogP contribution in [0.4, 0.5) is 20.8 Å². The van der Waals surface area contributed by atoms with Gasteiger partial charge >= 0.3 is 6.03 Å². The van der Waals surface area contributed by atoms with Crippen molar-refractivity contribution in [2.24, 2.45) is 0 Å². The number of nitrogens with one attached hydrogen (secondary N) is 1. The summed E-state index contributed by atoms with van der Waals surface area (Å²) in [5.74, 6) is 1.31. The minimum absolute atomic E-state index is 0.180. The summed E-state index contributed by atoms with van der Waals surface area (Å²) in [5, 5.41) is 2.94. The number of carbonyl (C=O) groups is 1. The molecule has 0 bridgehead atoms. The van der Waals surface area contributed by atoms with Crippen LogP contribution in [0.2, 0.25) is 0 Å². The van der Waals surface area contributed by atoms with Crippen LogP contribution in [-0.2, 0) is 13.0 Å². The zero-order chi connectivity index (χ0) is 23.5. The molecular weight excluding hydrogens is 433 g/mol. The highest BCUT2D eigenvalue weighted by Gasteiger charge is 2.28. The Labute approximate surface area is 198 Å². The average Bonchev–Trinajstić information content (AvgIpc) is 2.87. The lowest BCUT2D eigenvalue weighted by Gasteiger charge is -2.32. The van der Waals surface area contributed by atoms with Gasteiger partial charge in [-0.3, -0.25) is 0 Å². The first kappa shape index (κ1) is 22.1. The molecule has 1 N–H and O–H groups in total. The molecule has 3 heterocycles. The number of hydrogen-bond donors (Lipinski definition) is 1. The zero-order valence-corrected chi connectivity index (χ0v) is 19.3. The van der Waals surface area contributed by atoms with Gasteiger partial charge in [0.15, 0.2) is 0 Å². The summed E-state index contributed by atoms with van der Waals surface area (Å²) in [6, 6.07) is 13.9. The lowest BCUT2D eigenvalue weighted by Crippen LogP contribution is -2.40. The van der Waals surface area contributed by atoms with E-state index in [0.29, 0.717) is 42.7 Å². The molecule has 0 radical (unpaired) electrons. The van der Waals surface area contributed by atoms with Crippen molar-refractivity contribution in [2.75, 3.05) is 29.9 Å². The van der Waals surface area contributed by atoms with Crippen molar-refractivity contribution in [3.05, 3.63) is 71.2 Å². The molecule has 176 valence electrons. The molecular formula is C26H28FN5O2. The number of amides is 2. The molecule has 0 unspecified atom stereocenters. The highest BCUT2D eigenvalue weighted by Crippen LogP contribution is 2.33. The first-order valence-electron chi connectivity index (χ1n) is 11.8. The van der Waals surface area contributed by atoms with E-state index >= 15 is 0 Å². The van der Waals surface area contributed by atoms with Crippen LogP contribution < -0.4 is 15.0 Å². The Balaban J connectivity index is 1.44. The van der Waals surface area contributed by atoms with Crippen LogP contribution in [0.3, 0.4) is 0 Å². The fourth-order valence-electron chi connectivity index (χ4n) is 4.38. The number of halogens is 1. The molecule has 1 saturated heterocycles. The Hall–Kier alpha value is -3.68. The van der Waals surface area contributed by atoms with Gasteiger partial charge in [0.1, 0.15) is 11.6 Å². The third-order valence-corrected chi connectivity index (χ3v) is 6.31. The van der Waals surface area contributed by atoms with Crippen LogP contribution >= 0.6 is 0 Å². The number of rotatable bonds is 4. The van der Waals surface area contributed by atoms with Crippen LogP contribution in [0.5, 0.6) is 11.6 Å². The summed E-state index contributed by atoms with van der Waals surface area (Å²) in [7, 11) is 0. The van der Waals surface area contributed by atoms with Gasteiger partial charge in [0.2, 0.25) is 11.8 Å². The minimum Gasteiger partial charge on any atom is -0.438 e. The summed E-state index contributed by atoms with van der Waals surface area (Å²) in [5.41, 5.74) is 2.93. The molecule has 5 rings (SSSR count). The zero-order valence-electron chi connectivity index (χ0n) is 19.3. The van der Waals surface area contributed by atoms with Gasteiger partial charge in [-0.15, -0.1) is 0 Å². The molecule has 7 nitrogen and oxygen atoms in total. The van der Waals surface area contributed by atoms with Crippen LogP contribution in [0.15, 0.2) is 48.5 Å². The summed E-state index contributed by atoms with van der Waals surface area (Å²) in [4.78, 5) is 26.5. The van der Waals surface area contributed by atoms with E-state index in [0.717, 1.165) is 42.9 Å². The van der Waals surface area contributed by atoms with Crippen molar-refractivity contribution in [2.45, 2.75) is 39.2 Å². The number of carbonyl (C=O) groups excluding carboxylic acids is 1. The molecule has 2 aliphatic rings. The van der Waals surface area contributed by atoms with Crippen molar-refractivity contribution in [1.29, 1.82) is 0 Å². The number of hydrogen-bond acceptors (Lipinski definition) is 5. The van der Waals surface area contributed by atoms with Crippen LogP contribution in [0.25, 0.3) is 0 Å². The summed E-state index contributed by atoms with van der Waals surface area (Å²) in [6.45, 7) is 4.42. The van der Waals surface area contributed by atoms with Crippen molar-refractivity contribution in [3.8, 4) is 11.6 Å². The Bertz CT molecular complexity index is 1180. The molecule has 8 heteroatoms. The number of ether oxygens (including phenoxy) is 1. The van der Waals surface area contributed by atoms with Gasteiger partial charge in [0.25, 0.3) is 0 Å². The second kappa shape index (κ2) is 9.67. The number of para-hydroxylation sites is 1. The van der Waals surface area contributed by atoms with Crippen LogP contribution in [0.1, 0.15) is 36.1 Å². The lowest BCUT2D eigenvalue weighted by atomic mass is 10.1. The smallest absolute Gasteiger partial charge is 0.322 e. The third kappa shape index (κ3) is 4.81. The minimum atomic E-state index is -0.283. The van der Waals surface area contributed by atoms with E-state index in [1.54, 1.807) is 24.0 Å². The van der Waals surface area contributed by atoms with Crippen molar-refractivity contribution in [3.63, 3.8) is 0 Å². The number of fused-ring (bicyclic) bond motifs is 1. The Morgan fingerprint density at radius 3 is 2.59 bits per heavy atom. The Morgan fingerprint density at radius 1 is 1.03 bits per heavy atom. The van der Waals surface area contributed by atoms with Crippen molar-refractivity contribution < 1.29 is 13.9 Å². The Morgan fingerprint density at radius 2 is 1.82 bits per heavy atom. The molecule has 1 aromatic heterocycles. The molecule has 34 heavy (non-hydrogen) atoms. The van der Waals surface area contributed by atoms with Gasteiger partial charge in [-0.2, -0.15) is 4.98 Å². The van der Waals surface area contributed by atoms with Crippen LogP contribution in [0, 0.1) is 12.7 Å². The molecule has 1 fully saturated rings. The van der Waals surface area contributed by atoms with Gasteiger partial charge in [0.05, 0.1) is 17.8 Å². The summed E-state index contributed by atoms with van der Waals surface area (Å²) < 4.78 is 20.0. The molecule has 0 spiro atoms. The molecule has 0 saturated carbocycles. The van der Waals surface area contributed by atoms with E-state index in [-0.39, 0.29) is 11.8 Å². The van der Waals surface area contributed by atoms with Gasteiger partial charge in [-0.25, -0.2) is 14.2 Å². The molecule has 2 aromatic carbocycles. The maximum atomic E-state index is 13.8. The fourth-order valence-corrected chi connectivity index (χ4v) is 4.38. The number of anilines is 2. The third-order valence-electron chi connectivity index (χ3n) is 6.31. The van der Waals surface area contributed by atoms with E-state index in [4.69, 9.17) is 14.7 Å². The Kier molecular flexibility index (Phi) is 6.29. The SMILES string of the molecule is Cc1cc(Oc2nc(N3CCCCC3)nc3c2CN(C(=O)Nc2ccccc2)CC3)ccc1F.